The molecule has 0 bridgehead atoms. The molecule has 0 saturated carbocycles. The van der Waals surface area contributed by atoms with E-state index in [1.165, 1.54) is 0 Å². The minimum Gasteiger partial charge on any atom is -0.466 e. The van der Waals surface area contributed by atoms with Crippen molar-refractivity contribution in [2.45, 2.75) is 25.3 Å². The Hall–Kier alpha value is -4.51. The molecule has 0 unspecified atom stereocenters. The Balaban J connectivity index is 1.53. The number of hydrogen-bond acceptors (Lipinski definition) is 4. The van der Waals surface area contributed by atoms with E-state index in [0.717, 1.165) is 27.9 Å². The summed E-state index contributed by atoms with van der Waals surface area (Å²) < 4.78 is 5.65. The van der Waals surface area contributed by atoms with Crippen molar-refractivity contribution in [3.05, 3.63) is 137 Å². The zero-order chi connectivity index (χ0) is 26.2. The number of hydrogen-bond donors (Lipinski definition) is 0. The summed E-state index contributed by atoms with van der Waals surface area (Å²) in [6.45, 7) is 2.37. The average Bonchev–Trinajstić information content (AvgIpc) is 3.22. The maximum absolute atomic E-state index is 14.3. The first-order chi connectivity index (χ1) is 18.6. The summed E-state index contributed by atoms with van der Waals surface area (Å²) in [4.78, 5) is 43.4. The lowest BCUT2D eigenvalue weighted by Crippen LogP contribution is -2.39. The van der Waals surface area contributed by atoms with Crippen molar-refractivity contribution < 1.29 is 19.1 Å². The van der Waals surface area contributed by atoms with E-state index in [1.54, 1.807) is 24.0 Å². The van der Waals surface area contributed by atoms with Gasteiger partial charge in [-0.05, 0) is 35.2 Å². The van der Waals surface area contributed by atoms with Gasteiger partial charge in [0.25, 0.3) is 0 Å². The molecule has 0 radical (unpaired) electrons. The van der Waals surface area contributed by atoms with Gasteiger partial charge < -0.3 is 9.64 Å². The van der Waals surface area contributed by atoms with E-state index in [-0.39, 0.29) is 18.3 Å². The monoisotopic (exact) mass is 501 g/mol. The summed E-state index contributed by atoms with van der Waals surface area (Å²) in [6, 6.07) is 32.3. The van der Waals surface area contributed by atoms with Gasteiger partial charge in [-0.2, -0.15) is 0 Å². The fourth-order valence-electron chi connectivity index (χ4n) is 6.04. The molecule has 4 aromatic carbocycles. The Morgan fingerprint density at radius 3 is 1.92 bits per heavy atom. The predicted octanol–water partition coefficient (Wildman–Crippen LogP) is 5.87. The first-order valence-electron chi connectivity index (χ1n) is 12.9. The fourth-order valence-corrected chi connectivity index (χ4v) is 6.04. The predicted molar refractivity (Wildman–Crippen MR) is 145 cm³/mol. The smallest absolute Gasteiger partial charge is 0.311 e. The van der Waals surface area contributed by atoms with Crippen LogP contribution < -0.4 is 4.90 Å². The van der Waals surface area contributed by atoms with Gasteiger partial charge in [-0.25, -0.2) is 0 Å². The average molecular weight is 502 g/mol. The van der Waals surface area contributed by atoms with Gasteiger partial charge in [0.1, 0.15) is 0 Å². The van der Waals surface area contributed by atoms with Crippen molar-refractivity contribution >= 4 is 23.3 Å². The van der Waals surface area contributed by atoms with Crippen molar-refractivity contribution in [1.29, 1.82) is 0 Å². The Kier molecular flexibility index (Phi) is 6.12. The van der Waals surface area contributed by atoms with Crippen molar-refractivity contribution in [3.8, 4) is 0 Å². The quantitative estimate of drug-likeness (QED) is 0.310. The van der Waals surface area contributed by atoms with E-state index >= 15 is 0 Å². The van der Waals surface area contributed by atoms with E-state index in [2.05, 4.69) is 0 Å². The number of amides is 1. The molecule has 0 spiro atoms. The molecular formula is C33H27NO4. The van der Waals surface area contributed by atoms with Crippen LogP contribution in [0.1, 0.15) is 56.9 Å². The molecule has 0 N–H and O–H groups in total. The molecular weight excluding hydrogens is 474 g/mol. The largest absolute Gasteiger partial charge is 0.466 e. The van der Waals surface area contributed by atoms with E-state index in [4.69, 9.17) is 4.74 Å². The van der Waals surface area contributed by atoms with Crippen LogP contribution in [0.25, 0.3) is 0 Å². The van der Waals surface area contributed by atoms with Crippen LogP contribution in [0, 0.1) is 5.92 Å². The molecule has 0 fully saturated rings. The van der Waals surface area contributed by atoms with Gasteiger partial charge >= 0.3 is 5.97 Å². The van der Waals surface area contributed by atoms with Crippen LogP contribution in [0.5, 0.6) is 0 Å². The highest BCUT2D eigenvalue weighted by molar-refractivity contribution is 6.13. The number of carbonyl (C=O) groups excluding carboxylic acids is 3. The van der Waals surface area contributed by atoms with E-state index in [1.807, 2.05) is 91.0 Å². The SMILES string of the molecule is CCOC(=O)[C@@H](C1c2ccccc2C(=O)c2ccccc21)[C@H]1C(=O)N(Cc2ccccc2)c2ccccc21. The zero-order valence-electron chi connectivity index (χ0n) is 21.0. The summed E-state index contributed by atoms with van der Waals surface area (Å²) in [5.41, 5.74) is 5.23. The number of ether oxygens (including phenoxy) is 1. The maximum Gasteiger partial charge on any atom is 0.311 e. The van der Waals surface area contributed by atoms with Crippen LogP contribution in [0.3, 0.4) is 0 Å². The van der Waals surface area contributed by atoms with Gasteiger partial charge in [-0.1, -0.05) is 97.1 Å². The number of anilines is 1. The van der Waals surface area contributed by atoms with Crippen LogP contribution in [-0.4, -0.2) is 24.3 Å². The van der Waals surface area contributed by atoms with E-state index < -0.39 is 23.7 Å². The molecule has 5 nitrogen and oxygen atoms in total. The van der Waals surface area contributed by atoms with Gasteiger partial charge in [0.05, 0.1) is 25.0 Å². The molecule has 1 aliphatic carbocycles. The van der Waals surface area contributed by atoms with Gasteiger partial charge in [-0.15, -0.1) is 0 Å². The number of para-hydroxylation sites is 1. The van der Waals surface area contributed by atoms with Crippen molar-refractivity contribution in [2.75, 3.05) is 11.5 Å². The number of ketones is 1. The van der Waals surface area contributed by atoms with Gasteiger partial charge in [0.15, 0.2) is 5.78 Å². The van der Waals surface area contributed by atoms with Crippen molar-refractivity contribution in [1.82, 2.24) is 0 Å². The summed E-state index contributed by atoms with van der Waals surface area (Å²) in [7, 11) is 0. The second-order valence-electron chi connectivity index (χ2n) is 9.71. The Bertz CT molecular complexity index is 1490. The summed E-state index contributed by atoms with van der Waals surface area (Å²) in [5, 5.41) is 0. The highest BCUT2D eigenvalue weighted by Gasteiger charge is 2.51. The fraction of sp³-hybridized carbons (Fsp3) is 0.182. The topological polar surface area (TPSA) is 63.7 Å². The highest BCUT2D eigenvalue weighted by atomic mass is 16.5. The van der Waals surface area contributed by atoms with E-state index in [0.29, 0.717) is 17.7 Å². The number of rotatable bonds is 6. The Morgan fingerprint density at radius 1 is 0.737 bits per heavy atom. The standard InChI is InChI=1S/C33H27NO4/c1-2-38-33(37)30(28-22-14-6-8-16-24(22)31(35)25-17-9-7-15-23(25)28)29-26-18-10-11-19-27(26)34(32(29)36)20-21-12-4-3-5-13-21/h3-19,28-30H,2,20H2,1H3/t29-,30-/m0/s1. The summed E-state index contributed by atoms with van der Waals surface area (Å²) >= 11 is 0. The Morgan fingerprint density at radius 2 is 1.29 bits per heavy atom. The minimum atomic E-state index is -0.847. The molecule has 2 atom stereocenters. The first-order valence-corrected chi connectivity index (χ1v) is 12.9. The van der Waals surface area contributed by atoms with Crippen LogP contribution in [0.15, 0.2) is 103 Å². The molecule has 1 aliphatic heterocycles. The lowest BCUT2D eigenvalue weighted by Gasteiger charge is -2.35. The van der Waals surface area contributed by atoms with Crippen LogP contribution in [0.2, 0.25) is 0 Å². The molecule has 4 aromatic rings. The summed E-state index contributed by atoms with van der Waals surface area (Å²) in [6.07, 6.45) is 0. The minimum absolute atomic E-state index is 0.0705. The lowest BCUT2D eigenvalue weighted by molar-refractivity contribution is -0.151. The van der Waals surface area contributed by atoms with Crippen LogP contribution in [-0.2, 0) is 20.9 Å². The number of carbonyl (C=O) groups is 3. The molecule has 6 rings (SSSR count). The highest BCUT2D eigenvalue weighted by Crippen LogP contribution is 2.51. The maximum atomic E-state index is 14.3. The van der Waals surface area contributed by atoms with Gasteiger partial charge in [0, 0.05) is 22.7 Å². The normalized spacial score (nSPS) is 17.0. The van der Waals surface area contributed by atoms with Gasteiger partial charge in [0.2, 0.25) is 5.91 Å². The third-order valence-electron chi connectivity index (χ3n) is 7.64. The van der Waals surface area contributed by atoms with Crippen LogP contribution in [0.4, 0.5) is 5.69 Å². The van der Waals surface area contributed by atoms with Crippen molar-refractivity contribution in [2.24, 2.45) is 5.92 Å². The molecule has 38 heavy (non-hydrogen) atoms. The van der Waals surface area contributed by atoms with Gasteiger partial charge in [-0.3, -0.25) is 14.4 Å². The number of fused-ring (bicyclic) bond motifs is 3. The molecule has 2 aliphatic rings. The van der Waals surface area contributed by atoms with Crippen LogP contribution >= 0.6 is 0 Å². The molecule has 5 heteroatoms. The molecule has 0 aromatic heterocycles. The number of nitrogens with zero attached hydrogens (tertiary/aromatic N) is 1. The molecule has 0 saturated heterocycles. The molecule has 188 valence electrons. The lowest BCUT2D eigenvalue weighted by atomic mass is 9.67. The second kappa shape index (κ2) is 9.75. The number of esters is 1. The second-order valence-corrected chi connectivity index (χ2v) is 9.71. The molecule has 1 heterocycles. The third-order valence-corrected chi connectivity index (χ3v) is 7.64. The van der Waals surface area contributed by atoms with Crippen molar-refractivity contribution in [3.63, 3.8) is 0 Å². The zero-order valence-corrected chi connectivity index (χ0v) is 21.0. The summed E-state index contributed by atoms with van der Waals surface area (Å²) in [5.74, 6) is -2.77. The third kappa shape index (κ3) is 3.82. The Labute approximate surface area is 221 Å². The first kappa shape index (κ1) is 23.9. The molecule has 1 amide bonds. The number of benzene rings is 4. The van der Waals surface area contributed by atoms with E-state index in [9.17, 15) is 14.4 Å².